The van der Waals surface area contributed by atoms with E-state index >= 15 is 0 Å². The Balaban J connectivity index is 2.43. The SMILES string of the molecule is Cc1csc(Cn2cc(N)c(C)c(Br)c2=O)n1. The molecule has 2 heterocycles. The zero-order valence-corrected chi connectivity index (χ0v) is 11.9. The van der Waals surface area contributed by atoms with Crippen molar-refractivity contribution in [2.24, 2.45) is 0 Å². The highest BCUT2D eigenvalue weighted by Gasteiger charge is 2.09. The Morgan fingerprint density at radius 2 is 2.24 bits per heavy atom. The second kappa shape index (κ2) is 4.62. The summed E-state index contributed by atoms with van der Waals surface area (Å²) in [4.78, 5) is 16.3. The molecule has 4 nitrogen and oxygen atoms in total. The van der Waals surface area contributed by atoms with Crippen LogP contribution in [0.5, 0.6) is 0 Å². The third-order valence-corrected chi connectivity index (χ3v) is 4.36. The van der Waals surface area contributed by atoms with E-state index in [1.165, 1.54) is 0 Å². The smallest absolute Gasteiger partial charge is 0.265 e. The van der Waals surface area contributed by atoms with Crippen molar-refractivity contribution in [3.05, 3.63) is 42.7 Å². The minimum atomic E-state index is -0.0791. The number of rotatable bonds is 2. The van der Waals surface area contributed by atoms with Gasteiger partial charge < -0.3 is 10.3 Å². The molecule has 0 saturated carbocycles. The second-order valence-corrected chi connectivity index (χ2v) is 5.57. The van der Waals surface area contributed by atoms with Crippen LogP contribution in [0.15, 0.2) is 20.8 Å². The summed E-state index contributed by atoms with van der Waals surface area (Å²) in [6.45, 7) is 4.21. The summed E-state index contributed by atoms with van der Waals surface area (Å²) in [5.74, 6) is 0. The van der Waals surface area contributed by atoms with Gasteiger partial charge in [0, 0.05) is 17.3 Å². The molecular weight excluding hydrogens is 302 g/mol. The molecule has 2 aromatic heterocycles. The molecule has 0 radical (unpaired) electrons. The summed E-state index contributed by atoms with van der Waals surface area (Å²) in [6.07, 6.45) is 1.67. The summed E-state index contributed by atoms with van der Waals surface area (Å²) >= 11 is 4.81. The van der Waals surface area contributed by atoms with Crippen LogP contribution >= 0.6 is 27.3 Å². The lowest BCUT2D eigenvalue weighted by Crippen LogP contribution is -2.22. The standard InChI is InChI=1S/C11H12BrN3OS/c1-6-5-17-9(14-6)4-15-3-8(13)7(2)10(12)11(15)16/h3,5H,4,13H2,1-2H3. The molecule has 2 rings (SSSR count). The molecule has 0 saturated heterocycles. The minimum absolute atomic E-state index is 0.0791. The van der Waals surface area contributed by atoms with Crippen LogP contribution in [-0.2, 0) is 6.54 Å². The summed E-state index contributed by atoms with van der Waals surface area (Å²) in [7, 11) is 0. The molecule has 17 heavy (non-hydrogen) atoms. The zero-order valence-electron chi connectivity index (χ0n) is 9.53. The number of nitrogens with zero attached hydrogens (tertiary/aromatic N) is 2. The first kappa shape index (κ1) is 12.3. The fraction of sp³-hybridized carbons (Fsp3) is 0.273. The van der Waals surface area contributed by atoms with E-state index in [0.29, 0.717) is 16.7 Å². The molecular formula is C11H12BrN3OS. The Bertz CT molecular complexity index is 618. The van der Waals surface area contributed by atoms with Crippen molar-refractivity contribution in [3.8, 4) is 0 Å². The first-order chi connectivity index (χ1) is 7.99. The van der Waals surface area contributed by atoms with Crippen molar-refractivity contribution in [3.63, 3.8) is 0 Å². The van der Waals surface area contributed by atoms with E-state index in [0.717, 1.165) is 16.3 Å². The van der Waals surface area contributed by atoms with Gasteiger partial charge in [-0.25, -0.2) is 4.98 Å². The molecule has 0 bridgehead atoms. The van der Waals surface area contributed by atoms with Crippen molar-refractivity contribution in [1.82, 2.24) is 9.55 Å². The number of pyridine rings is 1. The van der Waals surface area contributed by atoms with E-state index < -0.39 is 0 Å². The summed E-state index contributed by atoms with van der Waals surface area (Å²) in [5, 5.41) is 2.87. The third-order valence-electron chi connectivity index (χ3n) is 2.48. The number of halogens is 1. The average Bonchev–Trinajstić information content (AvgIpc) is 2.69. The van der Waals surface area contributed by atoms with Gasteiger partial charge >= 0.3 is 0 Å². The van der Waals surface area contributed by atoms with Gasteiger partial charge in [0.25, 0.3) is 5.56 Å². The maximum atomic E-state index is 12.0. The molecule has 2 N–H and O–H groups in total. The van der Waals surface area contributed by atoms with E-state index in [1.54, 1.807) is 22.1 Å². The van der Waals surface area contributed by atoms with Crippen LogP contribution in [0.4, 0.5) is 5.69 Å². The normalized spacial score (nSPS) is 10.8. The average molecular weight is 314 g/mol. The van der Waals surface area contributed by atoms with E-state index in [-0.39, 0.29) is 5.56 Å². The number of hydrogen-bond donors (Lipinski definition) is 1. The van der Waals surface area contributed by atoms with Crippen LogP contribution in [0.1, 0.15) is 16.3 Å². The van der Waals surface area contributed by atoms with Gasteiger partial charge in [-0.05, 0) is 35.3 Å². The molecule has 0 atom stereocenters. The summed E-state index contributed by atoms with van der Waals surface area (Å²) in [5.41, 5.74) is 8.11. The predicted molar refractivity (Wildman–Crippen MR) is 73.5 cm³/mol. The molecule has 90 valence electrons. The van der Waals surface area contributed by atoms with Crippen LogP contribution in [0.2, 0.25) is 0 Å². The van der Waals surface area contributed by atoms with Crippen LogP contribution in [0.3, 0.4) is 0 Å². The Labute approximate surface area is 111 Å². The molecule has 0 amide bonds. The summed E-state index contributed by atoms with van der Waals surface area (Å²) < 4.78 is 2.09. The number of nitrogen functional groups attached to an aromatic ring is 1. The molecule has 2 aromatic rings. The number of aryl methyl sites for hydroxylation is 1. The van der Waals surface area contributed by atoms with Crippen molar-refractivity contribution in [1.29, 1.82) is 0 Å². The highest BCUT2D eigenvalue weighted by molar-refractivity contribution is 9.10. The van der Waals surface area contributed by atoms with Gasteiger partial charge in [0.2, 0.25) is 0 Å². The Morgan fingerprint density at radius 1 is 1.53 bits per heavy atom. The van der Waals surface area contributed by atoms with Gasteiger partial charge in [-0.15, -0.1) is 11.3 Å². The molecule has 0 aliphatic carbocycles. The first-order valence-electron chi connectivity index (χ1n) is 5.05. The van der Waals surface area contributed by atoms with Gasteiger partial charge in [-0.3, -0.25) is 4.79 Å². The molecule has 0 aliphatic heterocycles. The van der Waals surface area contributed by atoms with E-state index in [9.17, 15) is 4.79 Å². The lowest BCUT2D eigenvalue weighted by Gasteiger charge is -2.08. The first-order valence-corrected chi connectivity index (χ1v) is 6.72. The minimum Gasteiger partial charge on any atom is -0.397 e. The molecule has 0 unspecified atom stereocenters. The number of hydrogen-bond acceptors (Lipinski definition) is 4. The van der Waals surface area contributed by atoms with Crippen LogP contribution in [0, 0.1) is 13.8 Å². The van der Waals surface area contributed by atoms with Crippen LogP contribution < -0.4 is 11.3 Å². The number of nitrogens with two attached hydrogens (primary N) is 1. The van der Waals surface area contributed by atoms with Gasteiger partial charge in [0.05, 0.1) is 16.7 Å². The Hall–Kier alpha value is -1.14. The quantitative estimate of drug-likeness (QED) is 0.925. The molecule has 6 heteroatoms. The topological polar surface area (TPSA) is 60.9 Å². The van der Waals surface area contributed by atoms with Crippen molar-refractivity contribution < 1.29 is 0 Å². The number of aromatic nitrogens is 2. The van der Waals surface area contributed by atoms with Crippen LogP contribution in [0.25, 0.3) is 0 Å². The maximum absolute atomic E-state index is 12.0. The number of anilines is 1. The lowest BCUT2D eigenvalue weighted by molar-refractivity contribution is 0.747. The molecule has 0 aromatic carbocycles. The monoisotopic (exact) mass is 313 g/mol. The van der Waals surface area contributed by atoms with Crippen molar-refractivity contribution >= 4 is 33.0 Å². The number of thiazole rings is 1. The second-order valence-electron chi connectivity index (χ2n) is 3.84. The summed E-state index contributed by atoms with van der Waals surface area (Å²) in [6, 6.07) is 0. The lowest BCUT2D eigenvalue weighted by atomic mass is 10.2. The van der Waals surface area contributed by atoms with Gasteiger partial charge in [-0.2, -0.15) is 0 Å². The Morgan fingerprint density at radius 3 is 2.82 bits per heavy atom. The van der Waals surface area contributed by atoms with Crippen molar-refractivity contribution in [2.75, 3.05) is 5.73 Å². The third kappa shape index (κ3) is 2.42. The maximum Gasteiger partial charge on any atom is 0.265 e. The predicted octanol–water partition coefficient (Wildman–Crippen LogP) is 2.31. The highest BCUT2D eigenvalue weighted by atomic mass is 79.9. The molecule has 0 spiro atoms. The van der Waals surface area contributed by atoms with Crippen LogP contribution in [-0.4, -0.2) is 9.55 Å². The molecule has 0 aliphatic rings. The zero-order chi connectivity index (χ0) is 12.6. The fourth-order valence-electron chi connectivity index (χ4n) is 1.48. The Kier molecular flexibility index (Phi) is 3.35. The molecule has 0 fully saturated rings. The van der Waals surface area contributed by atoms with E-state index in [2.05, 4.69) is 20.9 Å². The van der Waals surface area contributed by atoms with E-state index in [4.69, 9.17) is 5.73 Å². The van der Waals surface area contributed by atoms with Crippen molar-refractivity contribution in [2.45, 2.75) is 20.4 Å². The van der Waals surface area contributed by atoms with Gasteiger partial charge in [-0.1, -0.05) is 0 Å². The van der Waals surface area contributed by atoms with Gasteiger partial charge in [0.1, 0.15) is 5.01 Å². The van der Waals surface area contributed by atoms with E-state index in [1.807, 2.05) is 19.2 Å². The largest absolute Gasteiger partial charge is 0.397 e. The fourth-order valence-corrected chi connectivity index (χ4v) is 2.70. The van der Waals surface area contributed by atoms with Gasteiger partial charge in [0.15, 0.2) is 0 Å². The highest BCUT2D eigenvalue weighted by Crippen LogP contribution is 2.18.